The van der Waals surface area contributed by atoms with Crippen LogP contribution in [0.2, 0.25) is 0 Å². The number of aromatic amines is 1. The van der Waals surface area contributed by atoms with Gasteiger partial charge in [-0.2, -0.15) is 18.3 Å². The molecule has 34 heavy (non-hydrogen) atoms. The fourth-order valence-corrected chi connectivity index (χ4v) is 3.25. The molecule has 0 aliphatic rings. The number of aromatic nitrogens is 4. The summed E-state index contributed by atoms with van der Waals surface area (Å²) in [5.74, 6) is -3.98. The highest BCUT2D eigenvalue weighted by molar-refractivity contribution is 6.04. The molecular formula is C23H17F5N5O+. The van der Waals surface area contributed by atoms with Crippen molar-refractivity contribution in [2.75, 3.05) is 5.32 Å². The molecule has 0 aliphatic heterocycles. The van der Waals surface area contributed by atoms with E-state index in [2.05, 4.69) is 20.4 Å². The number of anilines is 1. The number of carbonyl (C=O) groups is 1. The van der Waals surface area contributed by atoms with E-state index in [4.69, 9.17) is 0 Å². The minimum atomic E-state index is -4.88. The van der Waals surface area contributed by atoms with Gasteiger partial charge >= 0.3 is 6.18 Å². The summed E-state index contributed by atoms with van der Waals surface area (Å²) in [6, 6.07) is 9.15. The molecule has 1 aromatic carbocycles. The summed E-state index contributed by atoms with van der Waals surface area (Å²) >= 11 is 0. The van der Waals surface area contributed by atoms with Crippen LogP contribution in [0.1, 0.15) is 28.4 Å². The molecular weight excluding hydrogens is 457 g/mol. The van der Waals surface area contributed by atoms with Crippen LogP contribution in [0.15, 0.2) is 73.4 Å². The number of H-pyrrole nitrogens is 1. The minimum absolute atomic E-state index is 0.159. The van der Waals surface area contributed by atoms with Crippen LogP contribution in [0.3, 0.4) is 0 Å². The second-order valence-electron chi connectivity index (χ2n) is 7.48. The summed E-state index contributed by atoms with van der Waals surface area (Å²) in [7, 11) is 0. The van der Waals surface area contributed by atoms with Gasteiger partial charge in [-0.15, -0.1) is 0 Å². The molecule has 2 N–H and O–H groups in total. The first kappa shape index (κ1) is 23.0. The number of carbonyl (C=O) groups excluding carboxylic acids is 1. The SMILES string of the molecule is CC(F)(F)c1ccc(-[n+]2cc(NC(=O)c3cncc(-c4ccccn4)c3)c[nH]2)c(C(F)(F)F)c1. The van der Waals surface area contributed by atoms with E-state index < -0.39 is 34.8 Å². The van der Waals surface area contributed by atoms with Gasteiger partial charge in [0, 0.05) is 42.7 Å². The Morgan fingerprint density at radius 1 is 1.06 bits per heavy atom. The lowest BCUT2D eigenvalue weighted by Gasteiger charge is -2.14. The maximum Gasteiger partial charge on any atom is 0.422 e. The smallest absolute Gasteiger partial charge is 0.315 e. The van der Waals surface area contributed by atoms with Gasteiger partial charge in [0.05, 0.1) is 17.5 Å². The molecule has 0 saturated heterocycles. The Balaban J connectivity index is 1.60. The van der Waals surface area contributed by atoms with Crippen LogP contribution < -0.4 is 10.00 Å². The Bertz CT molecular complexity index is 1330. The molecule has 0 aliphatic carbocycles. The van der Waals surface area contributed by atoms with Gasteiger partial charge in [-0.05, 0) is 30.3 Å². The zero-order valence-corrected chi connectivity index (χ0v) is 17.6. The molecule has 174 valence electrons. The second-order valence-corrected chi connectivity index (χ2v) is 7.48. The first-order valence-corrected chi connectivity index (χ1v) is 9.90. The Labute approximate surface area is 190 Å². The third-order valence-corrected chi connectivity index (χ3v) is 4.91. The number of halogens is 5. The summed E-state index contributed by atoms with van der Waals surface area (Å²) in [5.41, 5.74) is -0.814. The zero-order chi connectivity index (χ0) is 24.5. The van der Waals surface area contributed by atoms with E-state index >= 15 is 0 Å². The normalized spacial score (nSPS) is 11.9. The van der Waals surface area contributed by atoms with Crippen LogP contribution in [0.25, 0.3) is 16.9 Å². The van der Waals surface area contributed by atoms with E-state index in [1.165, 1.54) is 18.6 Å². The number of amides is 1. The van der Waals surface area contributed by atoms with Crippen LogP contribution >= 0.6 is 0 Å². The fraction of sp³-hybridized carbons (Fsp3) is 0.130. The molecule has 1 amide bonds. The monoisotopic (exact) mass is 474 g/mol. The van der Waals surface area contributed by atoms with Crippen molar-refractivity contribution in [3.05, 3.63) is 90.1 Å². The number of hydrogen-bond donors (Lipinski definition) is 2. The quantitative estimate of drug-likeness (QED) is 0.311. The summed E-state index contributed by atoms with van der Waals surface area (Å²) < 4.78 is 68.8. The van der Waals surface area contributed by atoms with Crippen LogP contribution in [0, 0.1) is 0 Å². The average Bonchev–Trinajstić information content (AvgIpc) is 3.26. The lowest BCUT2D eigenvalue weighted by Crippen LogP contribution is -2.35. The molecule has 0 radical (unpaired) electrons. The van der Waals surface area contributed by atoms with Crippen molar-refractivity contribution in [2.45, 2.75) is 19.0 Å². The molecule has 0 saturated carbocycles. The zero-order valence-electron chi connectivity index (χ0n) is 17.6. The number of hydrogen-bond acceptors (Lipinski definition) is 3. The second kappa shape index (κ2) is 8.65. The molecule has 11 heteroatoms. The van der Waals surface area contributed by atoms with Crippen molar-refractivity contribution in [3.63, 3.8) is 0 Å². The molecule has 0 unspecified atom stereocenters. The van der Waals surface area contributed by atoms with Crippen molar-refractivity contribution in [2.24, 2.45) is 0 Å². The van der Waals surface area contributed by atoms with Gasteiger partial charge in [0.1, 0.15) is 11.3 Å². The standard InChI is InChI=1S/C23H16F5N5O/c1-22(24,25)16-5-6-20(18(9-16)23(26,27)28)33-13-17(12-31-33)32-21(34)15-8-14(10-29-11-15)19-4-2-3-7-30-19/h2-13H,1H3,(H,32,34)/p+1. The molecule has 3 heterocycles. The molecule has 0 fully saturated rings. The Kier molecular flexibility index (Phi) is 5.86. The van der Waals surface area contributed by atoms with Crippen molar-refractivity contribution < 1.29 is 31.4 Å². The maximum atomic E-state index is 13.6. The van der Waals surface area contributed by atoms with Gasteiger partial charge in [0.25, 0.3) is 11.8 Å². The van der Waals surface area contributed by atoms with Crippen LogP contribution in [0.5, 0.6) is 0 Å². The van der Waals surface area contributed by atoms with E-state index in [1.807, 2.05) is 0 Å². The highest BCUT2D eigenvalue weighted by Crippen LogP contribution is 2.36. The molecule has 4 rings (SSSR count). The van der Waals surface area contributed by atoms with Crippen LogP contribution in [0.4, 0.5) is 27.6 Å². The molecule has 0 atom stereocenters. The van der Waals surface area contributed by atoms with Crippen LogP contribution in [-0.2, 0) is 12.1 Å². The van der Waals surface area contributed by atoms with E-state index in [0.29, 0.717) is 24.2 Å². The molecule has 3 aromatic heterocycles. The highest BCUT2D eigenvalue weighted by atomic mass is 19.4. The topological polar surface area (TPSA) is 74.6 Å². The third-order valence-electron chi connectivity index (χ3n) is 4.91. The highest BCUT2D eigenvalue weighted by Gasteiger charge is 2.40. The summed E-state index contributed by atoms with van der Waals surface area (Å²) in [6.45, 7) is 0.523. The largest absolute Gasteiger partial charge is 0.422 e. The predicted molar refractivity (Wildman–Crippen MR) is 112 cm³/mol. The van der Waals surface area contributed by atoms with Crippen molar-refractivity contribution in [3.8, 4) is 16.9 Å². The summed E-state index contributed by atoms with van der Waals surface area (Å²) in [6.07, 6.45) is 2.10. The molecule has 0 bridgehead atoms. The summed E-state index contributed by atoms with van der Waals surface area (Å²) in [5, 5.41) is 5.14. The third kappa shape index (κ3) is 4.92. The van der Waals surface area contributed by atoms with E-state index in [1.54, 1.807) is 36.7 Å². The first-order valence-electron chi connectivity index (χ1n) is 9.90. The lowest BCUT2D eigenvalue weighted by molar-refractivity contribution is -0.656. The van der Waals surface area contributed by atoms with Crippen molar-refractivity contribution in [1.29, 1.82) is 0 Å². The Morgan fingerprint density at radius 3 is 2.53 bits per heavy atom. The van der Waals surface area contributed by atoms with Gasteiger partial charge in [-0.3, -0.25) is 14.8 Å². The summed E-state index contributed by atoms with van der Waals surface area (Å²) in [4.78, 5) is 20.9. The number of nitrogens with one attached hydrogen (secondary N) is 2. The van der Waals surface area contributed by atoms with E-state index in [9.17, 15) is 26.7 Å². The van der Waals surface area contributed by atoms with Gasteiger partial charge in [0.15, 0.2) is 0 Å². The number of pyridine rings is 2. The first-order chi connectivity index (χ1) is 16.0. The van der Waals surface area contributed by atoms with Crippen LogP contribution in [-0.4, -0.2) is 21.0 Å². The molecule has 0 spiro atoms. The van der Waals surface area contributed by atoms with Gasteiger partial charge in [0.2, 0.25) is 11.9 Å². The molecule has 4 aromatic rings. The van der Waals surface area contributed by atoms with E-state index in [-0.39, 0.29) is 11.3 Å². The predicted octanol–water partition coefficient (Wildman–Crippen LogP) is 5.13. The Morgan fingerprint density at radius 2 is 1.85 bits per heavy atom. The average molecular weight is 474 g/mol. The molecule has 6 nitrogen and oxygen atoms in total. The van der Waals surface area contributed by atoms with Crippen molar-refractivity contribution in [1.82, 2.24) is 15.1 Å². The maximum absolute atomic E-state index is 13.6. The van der Waals surface area contributed by atoms with Gasteiger partial charge < -0.3 is 5.32 Å². The fourth-order valence-electron chi connectivity index (χ4n) is 3.25. The Hall–Kier alpha value is -4.15. The number of benzene rings is 1. The van der Waals surface area contributed by atoms with Gasteiger partial charge in [-0.25, -0.2) is 8.78 Å². The van der Waals surface area contributed by atoms with E-state index in [0.717, 1.165) is 16.8 Å². The number of alkyl halides is 5. The van der Waals surface area contributed by atoms with Gasteiger partial charge in [-0.1, -0.05) is 10.7 Å². The number of nitrogens with zero attached hydrogens (tertiary/aromatic N) is 3. The van der Waals surface area contributed by atoms with Crippen molar-refractivity contribution >= 4 is 11.6 Å². The number of rotatable bonds is 5. The minimum Gasteiger partial charge on any atom is -0.315 e. The lowest BCUT2D eigenvalue weighted by atomic mass is 10.0.